The molecule has 2 heterocycles. The normalized spacial score (nSPS) is 12.3. The van der Waals surface area contributed by atoms with Crippen molar-refractivity contribution in [3.8, 4) is 11.1 Å². The predicted octanol–water partition coefficient (Wildman–Crippen LogP) is 5.64. The van der Waals surface area contributed by atoms with Crippen LogP contribution in [0.1, 0.15) is 57.8 Å². The first kappa shape index (κ1) is 22.7. The highest BCUT2D eigenvalue weighted by Crippen LogP contribution is 2.37. The maximum absolute atomic E-state index is 13.6. The van der Waals surface area contributed by atoms with Crippen molar-refractivity contribution in [2.24, 2.45) is 0 Å². The van der Waals surface area contributed by atoms with Crippen LogP contribution in [-0.4, -0.2) is 34.1 Å². The fourth-order valence-corrected chi connectivity index (χ4v) is 5.14. The Kier molecular flexibility index (Phi) is 6.83. The van der Waals surface area contributed by atoms with Gasteiger partial charge in [0.25, 0.3) is 5.56 Å². The molecule has 0 radical (unpaired) electrons. The van der Waals surface area contributed by atoms with Gasteiger partial charge in [-0.3, -0.25) is 9.36 Å². The summed E-state index contributed by atoms with van der Waals surface area (Å²) in [5, 5.41) is 0.783. The minimum absolute atomic E-state index is 0.0931. The predicted molar refractivity (Wildman–Crippen MR) is 130 cm³/mol. The number of nitrogens with zero attached hydrogens (tertiary/aromatic N) is 3. The third kappa shape index (κ3) is 4.37. The summed E-state index contributed by atoms with van der Waals surface area (Å²) in [5.41, 5.74) is 3.69. The van der Waals surface area contributed by atoms with E-state index in [-0.39, 0.29) is 11.0 Å². The van der Waals surface area contributed by atoms with Crippen molar-refractivity contribution >= 4 is 21.6 Å². The Morgan fingerprint density at radius 1 is 1.07 bits per heavy atom. The van der Waals surface area contributed by atoms with Crippen molar-refractivity contribution in [1.82, 2.24) is 14.5 Å². The van der Waals surface area contributed by atoms with Gasteiger partial charge in [-0.1, -0.05) is 65.8 Å². The van der Waals surface area contributed by atoms with Gasteiger partial charge in [0.15, 0.2) is 0 Å². The molecule has 5 heteroatoms. The number of aryl methyl sites for hydroxylation is 2. The molecule has 0 atom stereocenters. The van der Waals surface area contributed by atoms with Crippen LogP contribution in [0.25, 0.3) is 21.3 Å². The van der Waals surface area contributed by atoms with Crippen molar-refractivity contribution in [3.63, 3.8) is 0 Å². The second-order valence-corrected chi connectivity index (χ2v) is 9.99. The highest BCUT2D eigenvalue weighted by atomic mass is 32.1. The maximum atomic E-state index is 13.6. The lowest BCUT2D eigenvalue weighted by molar-refractivity contribution is 0.288. The second kappa shape index (κ2) is 9.03. The number of hydrogen-bond acceptors (Lipinski definition) is 4. The summed E-state index contributed by atoms with van der Waals surface area (Å²) in [6.45, 7) is 18.6. The second-order valence-electron chi connectivity index (χ2n) is 8.90. The molecular weight excluding hydrogens is 390 g/mol. The molecule has 0 aliphatic rings. The Morgan fingerprint density at radius 2 is 1.70 bits per heavy atom. The molecule has 0 spiro atoms. The molecule has 0 fully saturated rings. The molecule has 1 aromatic carbocycles. The minimum atomic E-state index is 0.0931. The Hall–Kier alpha value is -1.98. The average molecular weight is 426 g/mol. The van der Waals surface area contributed by atoms with Gasteiger partial charge >= 0.3 is 0 Å². The number of thiophene rings is 1. The van der Waals surface area contributed by atoms with Crippen molar-refractivity contribution in [3.05, 3.63) is 50.9 Å². The highest BCUT2D eigenvalue weighted by Gasteiger charge is 2.21. The number of benzene rings is 1. The minimum Gasteiger partial charge on any atom is -0.302 e. The lowest BCUT2D eigenvalue weighted by Crippen LogP contribution is -2.32. The van der Waals surface area contributed by atoms with Crippen molar-refractivity contribution in [2.75, 3.05) is 19.6 Å². The first-order valence-corrected chi connectivity index (χ1v) is 11.9. The van der Waals surface area contributed by atoms with Crippen LogP contribution in [0.4, 0.5) is 0 Å². The summed E-state index contributed by atoms with van der Waals surface area (Å²) in [6, 6.07) is 8.72. The number of likely N-dealkylation sites (N-methyl/N-ethyl adjacent to an activating group) is 1. The van der Waals surface area contributed by atoms with Crippen LogP contribution in [0.5, 0.6) is 0 Å². The summed E-state index contributed by atoms with van der Waals surface area (Å²) < 4.78 is 1.86. The average Bonchev–Trinajstić information content (AvgIpc) is 3.08. The molecule has 0 aliphatic carbocycles. The zero-order valence-corrected chi connectivity index (χ0v) is 20.3. The zero-order chi connectivity index (χ0) is 22.1. The fourth-order valence-electron chi connectivity index (χ4n) is 3.97. The maximum Gasteiger partial charge on any atom is 0.262 e. The van der Waals surface area contributed by atoms with Crippen molar-refractivity contribution in [1.29, 1.82) is 0 Å². The third-order valence-electron chi connectivity index (χ3n) is 5.97. The Labute approximate surface area is 184 Å². The number of hydrogen-bond donors (Lipinski definition) is 0. The SMILES string of the molecule is CCc1sc2nc(C)n(CCN(CC)CC)c(=O)c2c1-c1ccc(C(C)(C)C)cc1. The van der Waals surface area contributed by atoms with Crippen molar-refractivity contribution in [2.45, 2.75) is 66.8 Å². The number of rotatable bonds is 7. The van der Waals surface area contributed by atoms with E-state index in [0.717, 1.165) is 53.2 Å². The van der Waals surface area contributed by atoms with E-state index >= 15 is 0 Å². The molecule has 0 amide bonds. The first-order valence-electron chi connectivity index (χ1n) is 11.1. The molecule has 0 N–H and O–H groups in total. The monoisotopic (exact) mass is 425 g/mol. The smallest absolute Gasteiger partial charge is 0.262 e. The summed E-state index contributed by atoms with van der Waals surface area (Å²) in [7, 11) is 0. The van der Waals surface area contributed by atoms with Crippen LogP contribution in [0.2, 0.25) is 0 Å². The summed E-state index contributed by atoms with van der Waals surface area (Å²) in [6.07, 6.45) is 0.898. The molecule has 3 rings (SSSR count). The quantitative estimate of drug-likeness (QED) is 0.492. The Bertz CT molecular complexity index is 1070. The zero-order valence-electron chi connectivity index (χ0n) is 19.5. The van der Waals surface area contributed by atoms with Crippen LogP contribution in [-0.2, 0) is 18.4 Å². The number of fused-ring (bicyclic) bond motifs is 1. The molecule has 0 unspecified atom stereocenters. The topological polar surface area (TPSA) is 38.1 Å². The van der Waals surface area contributed by atoms with Gasteiger partial charge in [0.2, 0.25) is 0 Å². The third-order valence-corrected chi connectivity index (χ3v) is 7.20. The molecule has 3 aromatic rings. The van der Waals surface area contributed by atoms with Crippen LogP contribution in [0.3, 0.4) is 0 Å². The van der Waals surface area contributed by atoms with Gasteiger partial charge in [-0.15, -0.1) is 11.3 Å². The molecular formula is C25H35N3OS. The van der Waals surface area contributed by atoms with E-state index in [1.165, 1.54) is 10.4 Å². The van der Waals surface area contributed by atoms with E-state index in [1.807, 2.05) is 11.5 Å². The van der Waals surface area contributed by atoms with Gasteiger partial charge in [0.1, 0.15) is 10.7 Å². The first-order chi connectivity index (χ1) is 14.2. The van der Waals surface area contributed by atoms with E-state index in [9.17, 15) is 4.79 Å². The van der Waals surface area contributed by atoms with Crippen LogP contribution in [0.15, 0.2) is 29.1 Å². The molecule has 0 aliphatic heterocycles. The van der Waals surface area contributed by atoms with Gasteiger partial charge in [0.05, 0.1) is 5.39 Å². The van der Waals surface area contributed by atoms with Crippen LogP contribution in [0, 0.1) is 6.92 Å². The lowest BCUT2D eigenvalue weighted by Gasteiger charge is -2.20. The van der Waals surface area contributed by atoms with Crippen LogP contribution >= 0.6 is 11.3 Å². The molecule has 0 saturated heterocycles. The van der Waals surface area contributed by atoms with Gasteiger partial charge in [-0.2, -0.15) is 0 Å². The number of aromatic nitrogens is 2. The molecule has 0 bridgehead atoms. The van der Waals surface area contributed by atoms with E-state index in [2.05, 4.69) is 70.7 Å². The van der Waals surface area contributed by atoms with E-state index in [0.29, 0.717) is 6.54 Å². The van der Waals surface area contributed by atoms with Gasteiger partial charge in [-0.25, -0.2) is 4.98 Å². The van der Waals surface area contributed by atoms with Gasteiger partial charge < -0.3 is 4.90 Å². The largest absolute Gasteiger partial charge is 0.302 e. The van der Waals surface area contributed by atoms with Crippen LogP contribution < -0.4 is 5.56 Å². The summed E-state index contributed by atoms with van der Waals surface area (Å²) in [4.78, 5) is 22.9. The summed E-state index contributed by atoms with van der Waals surface area (Å²) >= 11 is 1.66. The van der Waals surface area contributed by atoms with E-state index in [4.69, 9.17) is 4.98 Å². The molecule has 2 aromatic heterocycles. The van der Waals surface area contributed by atoms with Gasteiger partial charge in [-0.05, 0) is 43.0 Å². The van der Waals surface area contributed by atoms with E-state index in [1.54, 1.807) is 11.3 Å². The van der Waals surface area contributed by atoms with Gasteiger partial charge in [0, 0.05) is 23.5 Å². The highest BCUT2D eigenvalue weighted by molar-refractivity contribution is 7.19. The molecule has 0 saturated carbocycles. The van der Waals surface area contributed by atoms with Crippen molar-refractivity contribution < 1.29 is 0 Å². The fraction of sp³-hybridized carbons (Fsp3) is 0.520. The Morgan fingerprint density at radius 3 is 2.23 bits per heavy atom. The summed E-state index contributed by atoms with van der Waals surface area (Å²) in [5.74, 6) is 0.804. The lowest BCUT2D eigenvalue weighted by atomic mass is 9.86. The van der Waals surface area contributed by atoms with E-state index < -0.39 is 0 Å². The molecule has 30 heavy (non-hydrogen) atoms. The molecule has 162 valence electrons. The standard InChI is InChI=1S/C25H35N3OS/c1-8-20-21(18-11-13-19(14-12-18)25(5,6)7)22-23(30-20)26-17(4)28(24(22)29)16-15-27(9-2)10-3/h11-14H,8-10,15-16H2,1-7H3. The molecule has 4 nitrogen and oxygen atoms in total. The Balaban J connectivity index is 2.14.